The maximum Gasteiger partial charge on any atom is 0.249 e. The molecule has 5 nitrogen and oxygen atoms in total. The molecule has 0 unspecified atom stereocenters. The van der Waals surface area contributed by atoms with Crippen molar-refractivity contribution in [3.63, 3.8) is 0 Å². The molecular formula is C21H29F3N2O3. The zero-order chi connectivity index (χ0) is 22.0. The zero-order valence-electron chi connectivity index (χ0n) is 17.2. The Hall–Kier alpha value is -2.09. The summed E-state index contributed by atoms with van der Waals surface area (Å²) >= 11 is 0. The van der Waals surface area contributed by atoms with E-state index in [2.05, 4.69) is 10.6 Å². The first-order valence-corrected chi connectivity index (χ1v) is 9.77. The number of nitrogens with one attached hydrogen (secondary N) is 2. The smallest absolute Gasteiger partial charge is 0.249 e. The first-order valence-electron chi connectivity index (χ1n) is 9.77. The van der Waals surface area contributed by atoms with E-state index < -0.39 is 47.0 Å². The lowest BCUT2D eigenvalue weighted by Gasteiger charge is -2.33. The molecular weight excluding hydrogens is 385 g/mol. The summed E-state index contributed by atoms with van der Waals surface area (Å²) in [5.41, 5.74) is 0.287. The van der Waals surface area contributed by atoms with E-state index >= 15 is 0 Å². The number of hydrogen-bond acceptors (Lipinski definition) is 3. The first kappa shape index (κ1) is 23.2. The standard InChI is InChI=1S/C21H29F3N2O3/c1-12(27)18(28)26-17(13-7-9-21(23,24)10-8-13)19(29)25-14-5-6-15(16(22)11-14)20(2,3)4/h5-6,11-13,17,27H,7-10H2,1-4H3,(H,25,29)(H,26,28)/t12-,17+/m0/s1. The molecule has 2 amide bonds. The number of hydrogen-bond donors (Lipinski definition) is 3. The summed E-state index contributed by atoms with van der Waals surface area (Å²) in [6.45, 7) is 6.85. The van der Waals surface area contributed by atoms with Gasteiger partial charge in [-0.2, -0.15) is 0 Å². The molecule has 0 aromatic heterocycles. The van der Waals surface area contributed by atoms with Gasteiger partial charge in [0.05, 0.1) is 0 Å². The average molecular weight is 414 g/mol. The number of aliphatic hydroxyl groups excluding tert-OH is 1. The van der Waals surface area contributed by atoms with Crippen molar-refractivity contribution in [2.24, 2.45) is 5.92 Å². The molecule has 2 atom stereocenters. The molecule has 162 valence electrons. The van der Waals surface area contributed by atoms with E-state index in [1.54, 1.807) is 12.1 Å². The lowest BCUT2D eigenvalue weighted by Crippen LogP contribution is -2.52. The molecule has 1 aliphatic rings. The van der Waals surface area contributed by atoms with Crippen molar-refractivity contribution in [1.29, 1.82) is 0 Å². The van der Waals surface area contributed by atoms with Gasteiger partial charge in [-0.3, -0.25) is 9.59 Å². The van der Waals surface area contributed by atoms with E-state index in [4.69, 9.17) is 0 Å². The van der Waals surface area contributed by atoms with Crippen molar-refractivity contribution in [1.82, 2.24) is 5.32 Å². The van der Waals surface area contributed by atoms with E-state index in [9.17, 15) is 27.9 Å². The Morgan fingerprint density at radius 2 is 1.76 bits per heavy atom. The Morgan fingerprint density at radius 1 is 1.17 bits per heavy atom. The average Bonchev–Trinajstić information content (AvgIpc) is 2.58. The minimum Gasteiger partial charge on any atom is -0.384 e. The van der Waals surface area contributed by atoms with Gasteiger partial charge in [0, 0.05) is 18.5 Å². The number of amides is 2. The largest absolute Gasteiger partial charge is 0.384 e. The van der Waals surface area contributed by atoms with Crippen molar-refractivity contribution in [3.8, 4) is 0 Å². The maximum atomic E-state index is 14.4. The fourth-order valence-corrected chi connectivity index (χ4v) is 3.49. The van der Waals surface area contributed by atoms with E-state index in [1.165, 1.54) is 13.0 Å². The first-order chi connectivity index (χ1) is 13.3. The number of anilines is 1. The van der Waals surface area contributed by atoms with Crippen LogP contribution in [0.5, 0.6) is 0 Å². The van der Waals surface area contributed by atoms with Gasteiger partial charge in [0.1, 0.15) is 18.0 Å². The molecule has 1 aromatic rings. The van der Waals surface area contributed by atoms with Crippen LogP contribution in [0.15, 0.2) is 18.2 Å². The number of alkyl halides is 2. The highest BCUT2D eigenvalue weighted by Crippen LogP contribution is 2.37. The fourth-order valence-electron chi connectivity index (χ4n) is 3.49. The van der Waals surface area contributed by atoms with E-state index in [1.807, 2.05) is 20.8 Å². The number of benzene rings is 1. The molecule has 8 heteroatoms. The Morgan fingerprint density at radius 3 is 2.24 bits per heavy atom. The third-order valence-electron chi connectivity index (χ3n) is 5.24. The van der Waals surface area contributed by atoms with Crippen molar-refractivity contribution >= 4 is 17.5 Å². The summed E-state index contributed by atoms with van der Waals surface area (Å²) in [6, 6.07) is 3.24. The molecule has 0 heterocycles. The van der Waals surface area contributed by atoms with Crippen LogP contribution < -0.4 is 10.6 Å². The van der Waals surface area contributed by atoms with Gasteiger partial charge in [-0.25, -0.2) is 13.2 Å². The highest BCUT2D eigenvalue weighted by Gasteiger charge is 2.40. The van der Waals surface area contributed by atoms with Gasteiger partial charge in [-0.05, 0) is 48.8 Å². The highest BCUT2D eigenvalue weighted by atomic mass is 19.3. The summed E-state index contributed by atoms with van der Waals surface area (Å²) < 4.78 is 41.4. The highest BCUT2D eigenvalue weighted by molar-refractivity contribution is 5.97. The molecule has 1 fully saturated rings. The third kappa shape index (κ3) is 6.19. The van der Waals surface area contributed by atoms with Crippen molar-refractivity contribution in [2.75, 3.05) is 5.32 Å². The monoisotopic (exact) mass is 414 g/mol. The quantitative estimate of drug-likeness (QED) is 0.687. The number of halogens is 3. The van der Waals surface area contributed by atoms with Crippen LogP contribution in [-0.4, -0.2) is 35.0 Å². The summed E-state index contributed by atoms with van der Waals surface area (Å²) in [5.74, 6) is -5.15. The molecule has 0 aliphatic heterocycles. The molecule has 0 spiro atoms. The van der Waals surface area contributed by atoms with Gasteiger partial charge in [0.25, 0.3) is 0 Å². The van der Waals surface area contributed by atoms with E-state index in [0.29, 0.717) is 5.56 Å². The predicted molar refractivity (Wildman–Crippen MR) is 104 cm³/mol. The SMILES string of the molecule is C[C@H](O)C(=O)N[C@@H](C(=O)Nc1ccc(C(C)(C)C)c(F)c1)C1CCC(F)(F)CC1. The lowest BCUT2D eigenvalue weighted by molar-refractivity contribution is -0.133. The summed E-state index contributed by atoms with van der Waals surface area (Å²) in [5, 5.41) is 14.5. The summed E-state index contributed by atoms with van der Waals surface area (Å²) in [6.07, 6.45) is -1.98. The summed E-state index contributed by atoms with van der Waals surface area (Å²) in [4.78, 5) is 24.7. The molecule has 2 rings (SSSR count). The maximum absolute atomic E-state index is 14.4. The van der Waals surface area contributed by atoms with Crippen LogP contribution in [0, 0.1) is 11.7 Å². The van der Waals surface area contributed by atoms with Crippen molar-refractivity contribution in [3.05, 3.63) is 29.6 Å². The molecule has 1 aliphatic carbocycles. The second-order valence-corrected chi connectivity index (χ2v) is 8.79. The lowest BCUT2D eigenvalue weighted by atomic mass is 9.81. The van der Waals surface area contributed by atoms with Crippen molar-refractivity contribution < 1.29 is 27.9 Å². The topological polar surface area (TPSA) is 78.4 Å². The molecule has 29 heavy (non-hydrogen) atoms. The normalized spacial score (nSPS) is 19.3. The Labute approximate surface area is 169 Å². The molecule has 0 radical (unpaired) electrons. The van der Waals surface area contributed by atoms with Crippen LogP contribution in [-0.2, 0) is 15.0 Å². The fraction of sp³-hybridized carbons (Fsp3) is 0.619. The number of rotatable bonds is 5. The van der Waals surface area contributed by atoms with Crippen LogP contribution in [0.3, 0.4) is 0 Å². The molecule has 0 saturated heterocycles. The molecule has 0 bridgehead atoms. The minimum atomic E-state index is -2.78. The van der Waals surface area contributed by atoms with Crippen LogP contribution in [0.25, 0.3) is 0 Å². The van der Waals surface area contributed by atoms with Gasteiger partial charge in [0.15, 0.2) is 0 Å². The third-order valence-corrected chi connectivity index (χ3v) is 5.24. The minimum absolute atomic E-state index is 0.0580. The Kier molecular flexibility index (Phi) is 6.98. The second kappa shape index (κ2) is 8.73. The van der Waals surface area contributed by atoms with E-state index in [0.717, 1.165) is 0 Å². The number of carbonyl (C=O) groups excluding carboxylic acids is 2. The molecule has 1 aromatic carbocycles. The van der Waals surface area contributed by atoms with Gasteiger partial charge in [0.2, 0.25) is 17.7 Å². The van der Waals surface area contributed by atoms with Crippen LogP contribution >= 0.6 is 0 Å². The van der Waals surface area contributed by atoms with Gasteiger partial charge in [-0.1, -0.05) is 26.8 Å². The molecule has 3 N–H and O–H groups in total. The van der Waals surface area contributed by atoms with Gasteiger partial charge < -0.3 is 15.7 Å². The van der Waals surface area contributed by atoms with Gasteiger partial charge >= 0.3 is 0 Å². The summed E-state index contributed by atoms with van der Waals surface area (Å²) in [7, 11) is 0. The Bertz CT molecular complexity index is 750. The Balaban J connectivity index is 2.19. The molecule has 1 saturated carbocycles. The second-order valence-electron chi connectivity index (χ2n) is 8.79. The number of carbonyl (C=O) groups is 2. The van der Waals surface area contributed by atoms with Crippen LogP contribution in [0.4, 0.5) is 18.9 Å². The van der Waals surface area contributed by atoms with Crippen LogP contribution in [0.2, 0.25) is 0 Å². The van der Waals surface area contributed by atoms with Gasteiger partial charge in [-0.15, -0.1) is 0 Å². The predicted octanol–water partition coefficient (Wildman–Crippen LogP) is 3.75. The van der Waals surface area contributed by atoms with E-state index in [-0.39, 0.29) is 31.4 Å². The number of aliphatic hydroxyl groups is 1. The van der Waals surface area contributed by atoms with Crippen molar-refractivity contribution in [2.45, 2.75) is 76.9 Å². The zero-order valence-corrected chi connectivity index (χ0v) is 17.2. The van der Waals surface area contributed by atoms with Crippen LogP contribution in [0.1, 0.15) is 58.9 Å².